The fourth-order valence-electron chi connectivity index (χ4n) is 3.87. The van der Waals surface area contributed by atoms with Crippen LogP contribution in [0.1, 0.15) is 30.9 Å². The van der Waals surface area contributed by atoms with E-state index in [0.29, 0.717) is 6.10 Å². The summed E-state index contributed by atoms with van der Waals surface area (Å²) < 4.78 is 21.9. The topological polar surface area (TPSA) is 67.8 Å². The number of piperidine rings is 1. The second-order valence-corrected chi connectivity index (χ2v) is 7.93. The van der Waals surface area contributed by atoms with Gasteiger partial charge < -0.3 is 34.1 Å². The molecule has 2 rings (SSSR count). The van der Waals surface area contributed by atoms with Crippen molar-refractivity contribution >= 4 is 5.96 Å². The van der Waals surface area contributed by atoms with Crippen molar-refractivity contribution in [2.45, 2.75) is 31.4 Å². The molecule has 0 aromatic heterocycles. The Morgan fingerprint density at radius 3 is 2.42 bits per heavy atom. The number of guanidine groups is 1. The number of nitrogens with zero attached hydrogens (tertiary/aromatic N) is 3. The smallest absolute Gasteiger partial charge is 0.193 e. The van der Waals surface area contributed by atoms with E-state index in [9.17, 15) is 0 Å². The standard InChI is InChI=1S/C23H40N4O4/c1-24-23(27-12-10-19(11-13-27)31-15-7-14-28-4)25-17-20(26(2)3)18-8-9-21(29-5)22(16-18)30-6/h8-9,16,19-20H,7,10-15,17H2,1-6H3,(H,24,25). The maximum atomic E-state index is 5.98. The molecule has 0 radical (unpaired) electrons. The molecule has 0 spiro atoms. The minimum absolute atomic E-state index is 0.165. The van der Waals surface area contributed by atoms with E-state index < -0.39 is 0 Å². The summed E-state index contributed by atoms with van der Waals surface area (Å²) >= 11 is 0. The number of rotatable bonds is 11. The molecule has 1 unspecified atom stereocenters. The third kappa shape index (κ3) is 7.55. The molecule has 8 nitrogen and oxygen atoms in total. The molecule has 8 heteroatoms. The highest BCUT2D eigenvalue weighted by molar-refractivity contribution is 5.80. The van der Waals surface area contributed by atoms with E-state index in [1.807, 2.05) is 19.2 Å². The quantitative estimate of drug-likeness (QED) is 0.325. The highest BCUT2D eigenvalue weighted by atomic mass is 16.5. The number of likely N-dealkylation sites (N-methyl/N-ethyl adjacent to an activating group) is 1. The molecule has 1 fully saturated rings. The van der Waals surface area contributed by atoms with Crippen molar-refractivity contribution in [3.05, 3.63) is 23.8 Å². The van der Waals surface area contributed by atoms with E-state index >= 15 is 0 Å². The van der Waals surface area contributed by atoms with Crippen molar-refractivity contribution in [3.63, 3.8) is 0 Å². The molecular formula is C23H40N4O4. The molecule has 1 aliphatic heterocycles. The summed E-state index contributed by atoms with van der Waals surface area (Å²) in [6.07, 6.45) is 3.30. The molecule has 1 heterocycles. The van der Waals surface area contributed by atoms with E-state index in [1.165, 1.54) is 0 Å². The zero-order valence-corrected chi connectivity index (χ0v) is 20.0. The number of ether oxygens (including phenoxy) is 4. The second-order valence-electron chi connectivity index (χ2n) is 7.93. The summed E-state index contributed by atoms with van der Waals surface area (Å²) in [5, 5.41) is 3.56. The first-order chi connectivity index (χ1) is 15.0. The van der Waals surface area contributed by atoms with Crippen LogP contribution >= 0.6 is 0 Å². The van der Waals surface area contributed by atoms with Crippen LogP contribution in [0.5, 0.6) is 11.5 Å². The van der Waals surface area contributed by atoms with Gasteiger partial charge in [0.1, 0.15) is 0 Å². The number of benzene rings is 1. The van der Waals surface area contributed by atoms with Crippen LogP contribution in [-0.4, -0.2) is 97.2 Å². The van der Waals surface area contributed by atoms with Crippen molar-refractivity contribution < 1.29 is 18.9 Å². The fourth-order valence-corrected chi connectivity index (χ4v) is 3.87. The molecule has 0 aliphatic carbocycles. The number of hydrogen-bond acceptors (Lipinski definition) is 6. The normalized spacial score (nSPS) is 16.5. The van der Waals surface area contributed by atoms with Crippen LogP contribution in [0, 0.1) is 0 Å². The summed E-state index contributed by atoms with van der Waals surface area (Å²) in [5.41, 5.74) is 1.16. The molecule has 1 aromatic carbocycles. The maximum absolute atomic E-state index is 5.98. The Bertz CT molecular complexity index is 676. The van der Waals surface area contributed by atoms with Crippen molar-refractivity contribution in [2.75, 3.05) is 75.3 Å². The number of nitrogens with one attached hydrogen (secondary N) is 1. The Morgan fingerprint density at radius 2 is 1.84 bits per heavy atom. The lowest BCUT2D eigenvalue weighted by atomic mass is 10.0. The third-order valence-electron chi connectivity index (χ3n) is 5.67. The molecule has 0 amide bonds. The monoisotopic (exact) mass is 436 g/mol. The van der Waals surface area contributed by atoms with Gasteiger partial charge in [-0.25, -0.2) is 0 Å². The van der Waals surface area contributed by atoms with Gasteiger partial charge in [0.25, 0.3) is 0 Å². The van der Waals surface area contributed by atoms with Crippen molar-refractivity contribution in [3.8, 4) is 11.5 Å². The minimum atomic E-state index is 0.165. The summed E-state index contributed by atoms with van der Waals surface area (Å²) in [6.45, 7) is 4.14. The van der Waals surface area contributed by atoms with E-state index in [0.717, 1.165) is 75.1 Å². The highest BCUT2D eigenvalue weighted by Gasteiger charge is 2.23. The molecule has 31 heavy (non-hydrogen) atoms. The van der Waals surface area contributed by atoms with E-state index in [-0.39, 0.29) is 6.04 Å². The van der Waals surface area contributed by atoms with Gasteiger partial charge >= 0.3 is 0 Å². The number of likely N-dealkylation sites (tertiary alicyclic amines) is 1. The van der Waals surface area contributed by atoms with Gasteiger partial charge in [0.15, 0.2) is 17.5 Å². The van der Waals surface area contributed by atoms with Gasteiger partial charge in [-0.3, -0.25) is 4.99 Å². The Balaban J connectivity index is 1.91. The number of aliphatic imine (C=N–C) groups is 1. The molecule has 1 aliphatic rings. The number of methoxy groups -OCH3 is 3. The first-order valence-corrected chi connectivity index (χ1v) is 11.0. The zero-order valence-electron chi connectivity index (χ0n) is 20.0. The zero-order chi connectivity index (χ0) is 22.6. The van der Waals surface area contributed by atoms with Gasteiger partial charge in [-0.2, -0.15) is 0 Å². The van der Waals surface area contributed by atoms with Crippen molar-refractivity contribution in [1.29, 1.82) is 0 Å². The Morgan fingerprint density at radius 1 is 1.13 bits per heavy atom. The van der Waals surface area contributed by atoms with Crippen LogP contribution in [0.15, 0.2) is 23.2 Å². The molecule has 1 aromatic rings. The Labute approximate surface area is 187 Å². The van der Waals surface area contributed by atoms with Gasteiger partial charge in [-0.1, -0.05) is 6.07 Å². The first-order valence-electron chi connectivity index (χ1n) is 11.0. The van der Waals surface area contributed by atoms with E-state index in [1.54, 1.807) is 21.3 Å². The van der Waals surface area contributed by atoms with Crippen LogP contribution < -0.4 is 14.8 Å². The lowest BCUT2D eigenvalue weighted by molar-refractivity contribution is 0.00987. The van der Waals surface area contributed by atoms with Crippen molar-refractivity contribution in [2.24, 2.45) is 4.99 Å². The van der Waals surface area contributed by atoms with Crippen LogP contribution in [0.25, 0.3) is 0 Å². The third-order valence-corrected chi connectivity index (χ3v) is 5.67. The van der Waals surface area contributed by atoms with E-state index in [4.69, 9.17) is 18.9 Å². The van der Waals surface area contributed by atoms with Gasteiger partial charge in [-0.05, 0) is 51.1 Å². The van der Waals surface area contributed by atoms with Gasteiger partial charge in [0, 0.05) is 47.0 Å². The largest absolute Gasteiger partial charge is 0.493 e. The van der Waals surface area contributed by atoms with E-state index in [2.05, 4.69) is 40.3 Å². The van der Waals surface area contributed by atoms with Gasteiger partial charge in [-0.15, -0.1) is 0 Å². The summed E-state index contributed by atoms with van der Waals surface area (Å²) in [5.74, 6) is 2.41. The maximum Gasteiger partial charge on any atom is 0.193 e. The average Bonchev–Trinajstić information content (AvgIpc) is 2.79. The molecule has 1 saturated heterocycles. The van der Waals surface area contributed by atoms with Crippen LogP contribution in [0.3, 0.4) is 0 Å². The van der Waals surface area contributed by atoms with Crippen LogP contribution in [0.4, 0.5) is 0 Å². The highest BCUT2D eigenvalue weighted by Crippen LogP contribution is 2.31. The van der Waals surface area contributed by atoms with Crippen LogP contribution in [-0.2, 0) is 9.47 Å². The summed E-state index contributed by atoms with van der Waals surface area (Å²) in [7, 11) is 11.0. The fraction of sp³-hybridized carbons (Fsp3) is 0.696. The predicted molar refractivity (Wildman–Crippen MR) is 124 cm³/mol. The van der Waals surface area contributed by atoms with Crippen molar-refractivity contribution in [1.82, 2.24) is 15.1 Å². The lowest BCUT2D eigenvalue weighted by Gasteiger charge is -2.35. The predicted octanol–water partition coefficient (Wildman–Crippen LogP) is 2.40. The molecule has 176 valence electrons. The Hall–Kier alpha value is -2.03. The Kier molecular flexibility index (Phi) is 10.9. The minimum Gasteiger partial charge on any atom is -0.493 e. The lowest BCUT2D eigenvalue weighted by Crippen LogP contribution is -2.48. The second kappa shape index (κ2) is 13.4. The summed E-state index contributed by atoms with van der Waals surface area (Å²) in [4.78, 5) is 9.03. The van der Waals surface area contributed by atoms with Gasteiger partial charge in [0.05, 0.1) is 26.4 Å². The van der Waals surface area contributed by atoms with Crippen LogP contribution in [0.2, 0.25) is 0 Å². The van der Waals surface area contributed by atoms with Gasteiger partial charge in [0.2, 0.25) is 0 Å². The molecule has 0 saturated carbocycles. The molecule has 1 N–H and O–H groups in total. The molecular weight excluding hydrogens is 396 g/mol. The molecule has 1 atom stereocenters. The summed E-state index contributed by atoms with van der Waals surface area (Å²) in [6, 6.07) is 6.25. The molecule has 0 bridgehead atoms. The number of hydrogen-bond donors (Lipinski definition) is 1. The SMILES string of the molecule is CN=C(NCC(c1ccc(OC)c(OC)c1)N(C)C)N1CCC(OCCCOC)CC1. The first kappa shape index (κ1) is 25.2. The average molecular weight is 437 g/mol.